The summed E-state index contributed by atoms with van der Waals surface area (Å²) in [7, 11) is 0. The minimum atomic E-state index is -0.999. The molecule has 0 saturated carbocycles. The van der Waals surface area contributed by atoms with Gasteiger partial charge in [0.1, 0.15) is 0 Å². The van der Waals surface area contributed by atoms with Crippen molar-refractivity contribution in [1.29, 1.82) is 5.26 Å². The second-order valence-corrected chi connectivity index (χ2v) is 6.32. The van der Waals surface area contributed by atoms with Gasteiger partial charge in [-0.1, -0.05) is 12.1 Å². The van der Waals surface area contributed by atoms with Crippen molar-refractivity contribution in [2.24, 2.45) is 0 Å². The Bertz CT molecular complexity index is 899. The molecule has 1 aromatic carbocycles. The first kappa shape index (κ1) is 17.5. The summed E-state index contributed by atoms with van der Waals surface area (Å²) in [5, 5.41) is 20.9. The van der Waals surface area contributed by atoms with E-state index in [1.54, 1.807) is 38.1 Å². The lowest BCUT2D eigenvalue weighted by molar-refractivity contribution is 0.0901. The molecule has 2 N–H and O–H groups in total. The minimum absolute atomic E-state index is 0.0821. The first-order valence-electron chi connectivity index (χ1n) is 8.17. The Morgan fingerprint density at radius 1 is 1.46 bits per heavy atom. The lowest BCUT2D eigenvalue weighted by atomic mass is 10.1. The maximum atomic E-state index is 12.4. The summed E-state index contributed by atoms with van der Waals surface area (Å²) >= 11 is 0. The quantitative estimate of drug-likeness (QED) is 0.873. The number of amides is 2. The van der Waals surface area contributed by atoms with Gasteiger partial charge in [0.25, 0.3) is 5.89 Å². The van der Waals surface area contributed by atoms with Gasteiger partial charge in [0.05, 0.1) is 17.3 Å². The fraction of sp³-hybridized carbons (Fsp3) is 0.333. The van der Waals surface area contributed by atoms with Gasteiger partial charge in [-0.05, 0) is 32.4 Å². The number of oxazole rings is 1. The van der Waals surface area contributed by atoms with Gasteiger partial charge in [-0.2, -0.15) is 5.26 Å². The van der Waals surface area contributed by atoms with E-state index in [-0.39, 0.29) is 24.5 Å². The van der Waals surface area contributed by atoms with Gasteiger partial charge in [0.15, 0.2) is 5.76 Å². The molecule has 8 nitrogen and oxygen atoms in total. The Morgan fingerprint density at radius 2 is 2.23 bits per heavy atom. The van der Waals surface area contributed by atoms with Crippen LogP contribution >= 0.6 is 0 Å². The molecule has 3 rings (SSSR count). The standard InChI is InChI=1S/C18H18N4O4/c1-10-6-14(9-22(10)18(24)25)21-16(23)17-20-11(2)15(26-17)13-5-3-4-12(7-13)8-19/h3-5,7,10,14H,6,9H2,1-2H3,(H,21,23)(H,24,25)/t10-,14-/m1/s1. The number of aryl methyl sites for hydroxylation is 1. The maximum Gasteiger partial charge on any atom is 0.407 e. The smallest absolute Gasteiger partial charge is 0.407 e. The molecule has 0 aliphatic carbocycles. The molecule has 26 heavy (non-hydrogen) atoms. The highest BCUT2D eigenvalue weighted by atomic mass is 16.4. The maximum absolute atomic E-state index is 12.4. The molecular formula is C18H18N4O4. The summed E-state index contributed by atoms with van der Waals surface area (Å²) in [5.74, 6) is -0.138. The third kappa shape index (κ3) is 3.37. The molecule has 0 spiro atoms. The van der Waals surface area contributed by atoms with Crippen LogP contribution in [-0.2, 0) is 0 Å². The van der Waals surface area contributed by atoms with Crippen molar-refractivity contribution >= 4 is 12.0 Å². The van der Waals surface area contributed by atoms with E-state index in [0.29, 0.717) is 29.0 Å². The molecule has 2 amide bonds. The van der Waals surface area contributed by atoms with Gasteiger partial charge in [-0.25, -0.2) is 9.78 Å². The Morgan fingerprint density at radius 3 is 2.88 bits per heavy atom. The number of rotatable bonds is 3. The van der Waals surface area contributed by atoms with Crippen LogP contribution in [0.15, 0.2) is 28.7 Å². The number of carbonyl (C=O) groups is 2. The van der Waals surface area contributed by atoms with Crippen LogP contribution < -0.4 is 5.32 Å². The molecule has 0 bridgehead atoms. The highest BCUT2D eigenvalue weighted by Gasteiger charge is 2.34. The summed E-state index contributed by atoms with van der Waals surface area (Å²) in [5.41, 5.74) is 1.69. The second kappa shape index (κ2) is 6.88. The normalized spacial score (nSPS) is 19.2. The van der Waals surface area contributed by atoms with E-state index in [9.17, 15) is 9.59 Å². The van der Waals surface area contributed by atoms with Gasteiger partial charge < -0.3 is 19.7 Å². The first-order valence-corrected chi connectivity index (χ1v) is 8.17. The van der Waals surface area contributed by atoms with Gasteiger partial charge in [-0.15, -0.1) is 0 Å². The highest BCUT2D eigenvalue weighted by Crippen LogP contribution is 2.25. The fourth-order valence-electron chi connectivity index (χ4n) is 3.14. The minimum Gasteiger partial charge on any atom is -0.465 e. The number of nitrogens with zero attached hydrogens (tertiary/aromatic N) is 3. The van der Waals surface area contributed by atoms with Gasteiger partial charge in [0.2, 0.25) is 0 Å². The van der Waals surface area contributed by atoms with Crippen molar-refractivity contribution in [3.05, 3.63) is 41.4 Å². The van der Waals surface area contributed by atoms with Crippen molar-refractivity contribution < 1.29 is 19.1 Å². The molecule has 2 heterocycles. The van der Waals surface area contributed by atoms with Crippen LogP contribution in [0, 0.1) is 18.3 Å². The summed E-state index contributed by atoms with van der Waals surface area (Å²) in [4.78, 5) is 29.0. The molecule has 0 unspecified atom stereocenters. The zero-order chi connectivity index (χ0) is 18.8. The van der Waals surface area contributed by atoms with Gasteiger partial charge in [0, 0.05) is 24.2 Å². The SMILES string of the molecule is Cc1nc(C(=O)N[C@@H]2C[C@@H](C)N(C(=O)O)C2)oc1-c1cccc(C#N)c1. The summed E-state index contributed by atoms with van der Waals surface area (Å²) in [6.45, 7) is 3.76. The Labute approximate surface area is 150 Å². The zero-order valence-corrected chi connectivity index (χ0v) is 14.4. The van der Waals surface area contributed by atoms with Crippen molar-refractivity contribution in [2.75, 3.05) is 6.54 Å². The predicted molar refractivity (Wildman–Crippen MR) is 91.5 cm³/mol. The highest BCUT2D eigenvalue weighted by molar-refractivity contribution is 5.90. The van der Waals surface area contributed by atoms with Gasteiger partial charge >= 0.3 is 12.0 Å². The number of hydrogen-bond acceptors (Lipinski definition) is 5. The molecule has 2 atom stereocenters. The van der Waals surface area contributed by atoms with Crippen LogP contribution in [0.3, 0.4) is 0 Å². The van der Waals surface area contributed by atoms with Crippen LogP contribution in [0.1, 0.15) is 35.3 Å². The van der Waals surface area contributed by atoms with E-state index in [1.807, 2.05) is 0 Å². The summed E-state index contributed by atoms with van der Waals surface area (Å²) in [6, 6.07) is 8.47. The fourth-order valence-corrected chi connectivity index (χ4v) is 3.14. The van der Waals surface area contributed by atoms with Crippen molar-refractivity contribution in [2.45, 2.75) is 32.4 Å². The molecule has 1 aliphatic heterocycles. The number of nitriles is 1. The number of likely N-dealkylation sites (tertiary alicyclic amines) is 1. The van der Waals surface area contributed by atoms with E-state index < -0.39 is 12.0 Å². The van der Waals surface area contributed by atoms with E-state index in [2.05, 4.69) is 16.4 Å². The average molecular weight is 354 g/mol. The van der Waals surface area contributed by atoms with E-state index in [4.69, 9.17) is 14.8 Å². The molecule has 1 aliphatic rings. The van der Waals surface area contributed by atoms with E-state index in [0.717, 1.165) is 0 Å². The third-order valence-electron chi connectivity index (χ3n) is 4.40. The Hall–Kier alpha value is -3.34. The molecule has 0 radical (unpaired) electrons. The molecule has 1 saturated heterocycles. The monoisotopic (exact) mass is 354 g/mol. The van der Waals surface area contributed by atoms with Crippen LogP contribution in [0.4, 0.5) is 4.79 Å². The van der Waals surface area contributed by atoms with Crippen molar-refractivity contribution in [3.8, 4) is 17.4 Å². The molecule has 2 aromatic rings. The lowest BCUT2D eigenvalue weighted by Gasteiger charge is -2.16. The Kier molecular flexibility index (Phi) is 4.63. The zero-order valence-electron chi connectivity index (χ0n) is 14.4. The van der Waals surface area contributed by atoms with Crippen LogP contribution in [0.2, 0.25) is 0 Å². The number of benzene rings is 1. The number of nitrogens with one attached hydrogen (secondary N) is 1. The molecule has 8 heteroatoms. The third-order valence-corrected chi connectivity index (χ3v) is 4.40. The van der Waals surface area contributed by atoms with Crippen LogP contribution in [-0.4, -0.2) is 45.6 Å². The number of aromatic nitrogens is 1. The first-order chi connectivity index (χ1) is 12.4. The van der Waals surface area contributed by atoms with Crippen molar-refractivity contribution in [1.82, 2.24) is 15.2 Å². The molecule has 1 aromatic heterocycles. The number of hydrogen-bond donors (Lipinski definition) is 2. The van der Waals surface area contributed by atoms with E-state index in [1.165, 1.54) is 4.90 Å². The largest absolute Gasteiger partial charge is 0.465 e. The molecule has 134 valence electrons. The predicted octanol–water partition coefficient (Wildman–Crippen LogP) is 2.39. The summed E-state index contributed by atoms with van der Waals surface area (Å²) < 4.78 is 5.61. The van der Waals surface area contributed by atoms with Crippen molar-refractivity contribution in [3.63, 3.8) is 0 Å². The van der Waals surface area contributed by atoms with Gasteiger partial charge in [-0.3, -0.25) is 4.79 Å². The second-order valence-electron chi connectivity index (χ2n) is 6.32. The molecular weight excluding hydrogens is 336 g/mol. The van der Waals surface area contributed by atoms with Crippen LogP contribution in [0.5, 0.6) is 0 Å². The average Bonchev–Trinajstić information content (AvgIpc) is 3.17. The van der Waals surface area contributed by atoms with Crippen LogP contribution in [0.25, 0.3) is 11.3 Å². The molecule has 1 fully saturated rings. The summed E-state index contributed by atoms with van der Waals surface area (Å²) in [6.07, 6.45) is -0.463. The number of carbonyl (C=O) groups excluding carboxylic acids is 1. The topological polar surface area (TPSA) is 119 Å². The van der Waals surface area contributed by atoms with E-state index >= 15 is 0 Å². The lowest BCUT2D eigenvalue weighted by Crippen LogP contribution is -2.38. The Balaban J connectivity index is 1.75. The number of carboxylic acid groups (broad SMARTS) is 1.